The van der Waals surface area contributed by atoms with E-state index in [0.29, 0.717) is 11.1 Å². The molecule has 0 spiro atoms. The van der Waals surface area contributed by atoms with E-state index in [1.165, 1.54) is 11.1 Å². The van der Waals surface area contributed by atoms with Gasteiger partial charge in [-0.05, 0) is 54.7 Å². The van der Waals surface area contributed by atoms with Crippen molar-refractivity contribution in [1.82, 2.24) is 0 Å². The Bertz CT molecular complexity index is 727. The third-order valence-electron chi connectivity index (χ3n) is 4.19. The fourth-order valence-corrected chi connectivity index (χ4v) is 3.06. The van der Waals surface area contributed by atoms with Crippen molar-refractivity contribution in [3.8, 4) is 6.07 Å². The number of para-hydroxylation sites is 1. The molecular formula is C19H18N2O. The van der Waals surface area contributed by atoms with E-state index in [-0.39, 0.29) is 5.91 Å². The molecule has 0 unspecified atom stereocenters. The zero-order valence-corrected chi connectivity index (χ0v) is 12.7. The molecule has 2 aromatic rings. The number of aryl methyl sites for hydroxylation is 2. The highest BCUT2D eigenvalue weighted by atomic mass is 16.2. The number of amides is 1. The van der Waals surface area contributed by atoms with Gasteiger partial charge in [-0.3, -0.25) is 4.79 Å². The molecule has 0 atom stereocenters. The maximum Gasteiger partial charge on any atom is 0.258 e. The molecule has 0 fully saturated rings. The van der Waals surface area contributed by atoms with Gasteiger partial charge in [-0.25, -0.2) is 0 Å². The number of anilines is 1. The summed E-state index contributed by atoms with van der Waals surface area (Å²) in [5, 5.41) is 8.87. The van der Waals surface area contributed by atoms with Crippen molar-refractivity contribution in [2.75, 3.05) is 11.4 Å². The molecule has 1 aliphatic heterocycles. The molecule has 0 N–H and O–H groups in total. The van der Waals surface area contributed by atoms with Gasteiger partial charge < -0.3 is 4.90 Å². The topological polar surface area (TPSA) is 44.1 Å². The maximum atomic E-state index is 12.9. The van der Waals surface area contributed by atoms with Gasteiger partial charge in [0, 0.05) is 12.1 Å². The van der Waals surface area contributed by atoms with Gasteiger partial charge in [0.1, 0.15) is 0 Å². The normalized spacial score (nSPS) is 13.4. The highest BCUT2D eigenvalue weighted by molar-refractivity contribution is 6.07. The second kappa shape index (κ2) is 6.03. The zero-order valence-electron chi connectivity index (χ0n) is 12.7. The lowest BCUT2D eigenvalue weighted by atomic mass is 9.95. The largest absolute Gasteiger partial charge is 0.308 e. The summed E-state index contributed by atoms with van der Waals surface area (Å²) in [4.78, 5) is 14.8. The van der Waals surface area contributed by atoms with Gasteiger partial charge in [-0.2, -0.15) is 5.26 Å². The van der Waals surface area contributed by atoms with Crippen molar-refractivity contribution >= 4 is 11.6 Å². The molecule has 0 aliphatic carbocycles. The highest BCUT2D eigenvalue weighted by Crippen LogP contribution is 2.32. The highest BCUT2D eigenvalue weighted by Gasteiger charge is 2.25. The van der Waals surface area contributed by atoms with Crippen LogP contribution in [0.2, 0.25) is 0 Å². The number of carbonyl (C=O) groups excluding carboxylic acids is 1. The molecule has 0 bridgehead atoms. The Balaban J connectivity index is 1.99. The van der Waals surface area contributed by atoms with Crippen molar-refractivity contribution in [2.24, 2.45) is 0 Å². The van der Waals surface area contributed by atoms with Crippen LogP contribution in [0, 0.1) is 11.3 Å². The molecule has 3 rings (SSSR count). The number of carbonyl (C=O) groups is 1. The number of fused-ring (bicyclic) bond motifs is 1. The third-order valence-corrected chi connectivity index (χ3v) is 4.19. The predicted molar refractivity (Wildman–Crippen MR) is 87.0 cm³/mol. The Hall–Kier alpha value is -2.60. The predicted octanol–water partition coefficient (Wildman–Crippen LogP) is 3.71. The lowest BCUT2D eigenvalue weighted by molar-refractivity contribution is 0.0985. The standard InChI is InChI=1S/C19H18N2O/c1-2-15-5-3-6-16-7-4-12-21(18(15)16)19(22)17-10-8-14(13-20)9-11-17/h3,5-6,8-11H,2,4,7,12H2,1H3. The van der Waals surface area contributed by atoms with E-state index in [2.05, 4.69) is 31.2 Å². The second-order valence-electron chi connectivity index (χ2n) is 5.53. The average molecular weight is 290 g/mol. The molecule has 1 heterocycles. The summed E-state index contributed by atoms with van der Waals surface area (Å²) < 4.78 is 0. The number of hydrogen-bond donors (Lipinski definition) is 0. The summed E-state index contributed by atoms with van der Waals surface area (Å²) in [6.07, 6.45) is 2.93. The number of rotatable bonds is 2. The van der Waals surface area contributed by atoms with Crippen LogP contribution in [0.25, 0.3) is 0 Å². The maximum absolute atomic E-state index is 12.9. The van der Waals surface area contributed by atoms with Gasteiger partial charge in [-0.15, -0.1) is 0 Å². The Labute approximate surface area is 130 Å². The van der Waals surface area contributed by atoms with Gasteiger partial charge >= 0.3 is 0 Å². The molecule has 3 nitrogen and oxygen atoms in total. The summed E-state index contributed by atoms with van der Waals surface area (Å²) in [6, 6.07) is 15.3. The van der Waals surface area contributed by atoms with Crippen LogP contribution < -0.4 is 4.90 Å². The van der Waals surface area contributed by atoms with E-state index >= 15 is 0 Å². The fraction of sp³-hybridized carbons (Fsp3) is 0.263. The molecule has 110 valence electrons. The van der Waals surface area contributed by atoms with Gasteiger partial charge in [0.05, 0.1) is 17.3 Å². The minimum Gasteiger partial charge on any atom is -0.308 e. The third kappa shape index (κ3) is 2.48. The molecule has 2 aromatic carbocycles. The first-order valence-corrected chi connectivity index (χ1v) is 7.67. The smallest absolute Gasteiger partial charge is 0.258 e. The van der Waals surface area contributed by atoms with Crippen molar-refractivity contribution in [3.63, 3.8) is 0 Å². The van der Waals surface area contributed by atoms with E-state index < -0.39 is 0 Å². The van der Waals surface area contributed by atoms with Crippen LogP contribution in [-0.4, -0.2) is 12.5 Å². The second-order valence-corrected chi connectivity index (χ2v) is 5.53. The molecule has 1 amide bonds. The van der Waals surface area contributed by atoms with E-state index in [1.807, 2.05) is 4.90 Å². The molecule has 22 heavy (non-hydrogen) atoms. The number of nitrogens with zero attached hydrogens (tertiary/aromatic N) is 2. The van der Waals surface area contributed by atoms with Gasteiger partial charge in [0.2, 0.25) is 0 Å². The van der Waals surface area contributed by atoms with Crippen molar-refractivity contribution in [2.45, 2.75) is 26.2 Å². The Morgan fingerprint density at radius 3 is 2.68 bits per heavy atom. The van der Waals surface area contributed by atoms with Gasteiger partial charge in [0.25, 0.3) is 5.91 Å². The van der Waals surface area contributed by atoms with Crippen LogP contribution in [0.4, 0.5) is 5.69 Å². The molecule has 0 radical (unpaired) electrons. The molecule has 0 saturated heterocycles. The van der Waals surface area contributed by atoms with Crippen LogP contribution in [0.1, 0.15) is 40.4 Å². The van der Waals surface area contributed by atoms with E-state index in [1.54, 1.807) is 24.3 Å². The molecule has 0 saturated carbocycles. The summed E-state index contributed by atoms with van der Waals surface area (Å²) in [6.45, 7) is 2.87. The molecule has 0 aromatic heterocycles. The van der Waals surface area contributed by atoms with Crippen molar-refractivity contribution in [1.29, 1.82) is 5.26 Å². The van der Waals surface area contributed by atoms with Crippen LogP contribution in [0.15, 0.2) is 42.5 Å². The fourth-order valence-electron chi connectivity index (χ4n) is 3.06. The SMILES string of the molecule is CCc1cccc2c1N(C(=O)c1ccc(C#N)cc1)CCC2. The monoisotopic (exact) mass is 290 g/mol. The van der Waals surface area contributed by atoms with Gasteiger partial charge in [-0.1, -0.05) is 25.1 Å². The quantitative estimate of drug-likeness (QED) is 0.846. The van der Waals surface area contributed by atoms with Crippen LogP contribution in [0.5, 0.6) is 0 Å². The van der Waals surface area contributed by atoms with E-state index in [0.717, 1.165) is 31.5 Å². The number of benzene rings is 2. The molecular weight excluding hydrogens is 272 g/mol. The Kier molecular flexibility index (Phi) is 3.93. The number of nitriles is 1. The summed E-state index contributed by atoms with van der Waals surface area (Å²) in [7, 11) is 0. The Morgan fingerprint density at radius 2 is 2.00 bits per heavy atom. The first-order valence-electron chi connectivity index (χ1n) is 7.67. The first-order chi connectivity index (χ1) is 10.7. The molecule has 1 aliphatic rings. The van der Waals surface area contributed by atoms with Crippen LogP contribution in [-0.2, 0) is 12.8 Å². The van der Waals surface area contributed by atoms with Crippen LogP contribution in [0.3, 0.4) is 0 Å². The minimum atomic E-state index is 0.0198. The summed E-state index contributed by atoms with van der Waals surface area (Å²) in [5.41, 5.74) is 4.78. The van der Waals surface area contributed by atoms with Crippen molar-refractivity contribution in [3.05, 3.63) is 64.7 Å². The van der Waals surface area contributed by atoms with Crippen molar-refractivity contribution < 1.29 is 4.79 Å². The molecule has 3 heteroatoms. The average Bonchev–Trinajstić information content (AvgIpc) is 2.60. The van der Waals surface area contributed by atoms with E-state index in [4.69, 9.17) is 5.26 Å². The number of hydrogen-bond acceptors (Lipinski definition) is 2. The summed E-state index contributed by atoms with van der Waals surface area (Å²) >= 11 is 0. The minimum absolute atomic E-state index is 0.0198. The Morgan fingerprint density at radius 1 is 1.23 bits per heavy atom. The van der Waals surface area contributed by atoms with Gasteiger partial charge in [0.15, 0.2) is 0 Å². The summed E-state index contributed by atoms with van der Waals surface area (Å²) in [5.74, 6) is 0.0198. The lowest BCUT2D eigenvalue weighted by Crippen LogP contribution is -2.36. The van der Waals surface area contributed by atoms with Crippen LogP contribution >= 0.6 is 0 Å². The zero-order chi connectivity index (χ0) is 15.5. The lowest BCUT2D eigenvalue weighted by Gasteiger charge is -2.31. The first kappa shape index (κ1) is 14.3. The van der Waals surface area contributed by atoms with E-state index in [9.17, 15) is 4.79 Å².